The van der Waals surface area contributed by atoms with Crippen LogP contribution in [0.25, 0.3) is 11.3 Å². The number of aromatic nitrogens is 2. The molecule has 1 aliphatic rings. The van der Waals surface area contributed by atoms with Gasteiger partial charge >= 0.3 is 0 Å². The molecule has 0 bridgehead atoms. The molecule has 1 N–H and O–H groups in total. The van der Waals surface area contributed by atoms with Gasteiger partial charge in [-0.05, 0) is 17.9 Å². The van der Waals surface area contributed by atoms with Crippen molar-refractivity contribution in [2.45, 2.75) is 12.8 Å². The molecule has 2 aromatic rings. The SMILES string of the molecule is COCCN1C[C@H](Cc2ccccc2-c2cnc[nH]2)CC1=O. The Morgan fingerprint density at radius 1 is 1.41 bits per heavy atom. The Morgan fingerprint density at radius 3 is 3.05 bits per heavy atom. The first kappa shape index (κ1) is 14.8. The van der Waals surface area contributed by atoms with E-state index in [1.54, 1.807) is 13.4 Å². The molecular formula is C17H21N3O2. The molecule has 0 saturated carbocycles. The van der Waals surface area contributed by atoms with E-state index in [-0.39, 0.29) is 5.91 Å². The van der Waals surface area contributed by atoms with E-state index >= 15 is 0 Å². The van der Waals surface area contributed by atoms with Gasteiger partial charge in [0.05, 0.1) is 24.8 Å². The monoisotopic (exact) mass is 299 g/mol. The number of amides is 1. The Balaban J connectivity index is 1.71. The van der Waals surface area contributed by atoms with Crippen LogP contribution in [-0.4, -0.2) is 47.6 Å². The standard InChI is InChI=1S/C17H21N3O2/c1-22-7-6-20-11-13(9-17(20)21)8-14-4-2-3-5-15(14)16-10-18-12-19-16/h2-5,10,12-13H,6-9,11H2,1H3,(H,18,19)/t13-/m1/s1. The van der Waals surface area contributed by atoms with Gasteiger partial charge in [0.1, 0.15) is 0 Å². The Bertz CT molecular complexity index is 625. The number of likely N-dealkylation sites (tertiary alicyclic amines) is 1. The highest BCUT2D eigenvalue weighted by atomic mass is 16.5. The van der Waals surface area contributed by atoms with Gasteiger partial charge in [-0.15, -0.1) is 0 Å². The average Bonchev–Trinajstić information content (AvgIpc) is 3.16. The van der Waals surface area contributed by atoms with Crippen LogP contribution in [0.3, 0.4) is 0 Å². The molecule has 0 aliphatic carbocycles. The second-order valence-electron chi connectivity index (χ2n) is 5.73. The highest BCUT2D eigenvalue weighted by molar-refractivity contribution is 5.78. The van der Waals surface area contributed by atoms with Gasteiger partial charge in [-0.1, -0.05) is 24.3 Å². The molecule has 1 saturated heterocycles. The minimum absolute atomic E-state index is 0.237. The number of imidazole rings is 1. The average molecular weight is 299 g/mol. The highest BCUT2D eigenvalue weighted by Crippen LogP contribution is 2.27. The molecule has 5 nitrogen and oxygen atoms in total. The van der Waals surface area contributed by atoms with Crippen LogP contribution in [0.15, 0.2) is 36.8 Å². The molecule has 1 atom stereocenters. The van der Waals surface area contributed by atoms with Gasteiger partial charge in [-0.3, -0.25) is 4.79 Å². The zero-order chi connectivity index (χ0) is 15.4. The molecule has 0 radical (unpaired) electrons. The Morgan fingerprint density at radius 2 is 2.27 bits per heavy atom. The fourth-order valence-electron chi connectivity index (χ4n) is 3.08. The van der Waals surface area contributed by atoms with E-state index in [2.05, 4.69) is 28.2 Å². The minimum Gasteiger partial charge on any atom is -0.383 e. The molecule has 1 aromatic carbocycles. The maximum Gasteiger partial charge on any atom is 0.223 e. The topological polar surface area (TPSA) is 58.2 Å². The predicted molar refractivity (Wildman–Crippen MR) is 84.3 cm³/mol. The number of rotatable bonds is 6. The van der Waals surface area contributed by atoms with Crippen molar-refractivity contribution in [1.29, 1.82) is 0 Å². The van der Waals surface area contributed by atoms with E-state index in [4.69, 9.17) is 4.74 Å². The summed E-state index contributed by atoms with van der Waals surface area (Å²) in [5, 5.41) is 0. The molecule has 22 heavy (non-hydrogen) atoms. The second-order valence-corrected chi connectivity index (χ2v) is 5.73. The molecule has 1 aromatic heterocycles. The van der Waals surface area contributed by atoms with Gasteiger partial charge in [-0.2, -0.15) is 0 Å². The molecule has 1 fully saturated rings. The lowest BCUT2D eigenvalue weighted by molar-refractivity contribution is -0.128. The van der Waals surface area contributed by atoms with Crippen molar-refractivity contribution < 1.29 is 9.53 Å². The van der Waals surface area contributed by atoms with Gasteiger partial charge in [0.15, 0.2) is 0 Å². The lowest BCUT2D eigenvalue weighted by Crippen LogP contribution is -2.28. The quantitative estimate of drug-likeness (QED) is 0.889. The Labute approximate surface area is 130 Å². The molecule has 0 unspecified atom stereocenters. The van der Waals surface area contributed by atoms with Crippen molar-refractivity contribution in [3.63, 3.8) is 0 Å². The Hall–Kier alpha value is -2.14. The maximum atomic E-state index is 12.0. The van der Waals surface area contributed by atoms with Crippen LogP contribution in [-0.2, 0) is 16.0 Å². The van der Waals surface area contributed by atoms with E-state index in [1.165, 1.54) is 11.1 Å². The molecule has 2 heterocycles. The molecular weight excluding hydrogens is 278 g/mol. The molecule has 3 rings (SSSR count). The van der Waals surface area contributed by atoms with Crippen molar-refractivity contribution >= 4 is 5.91 Å². The number of methoxy groups -OCH3 is 1. The third-order valence-corrected chi connectivity index (χ3v) is 4.17. The summed E-state index contributed by atoms with van der Waals surface area (Å²) < 4.78 is 5.07. The fourth-order valence-corrected chi connectivity index (χ4v) is 3.08. The minimum atomic E-state index is 0.237. The van der Waals surface area contributed by atoms with Crippen LogP contribution in [0.4, 0.5) is 0 Å². The number of carbonyl (C=O) groups is 1. The normalized spacial score (nSPS) is 18.1. The van der Waals surface area contributed by atoms with E-state index in [9.17, 15) is 4.79 Å². The van der Waals surface area contributed by atoms with E-state index in [0.717, 1.165) is 18.7 Å². The fraction of sp³-hybridized carbons (Fsp3) is 0.412. The number of nitrogens with zero attached hydrogens (tertiary/aromatic N) is 2. The van der Waals surface area contributed by atoms with Crippen molar-refractivity contribution in [2.24, 2.45) is 5.92 Å². The van der Waals surface area contributed by atoms with E-state index in [1.807, 2.05) is 17.2 Å². The molecule has 0 spiro atoms. The van der Waals surface area contributed by atoms with Crippen molar-refractivity contribution in [2.75, 3.05) is 26.8 Å². The second kappa shape index (κ2) is 6.75. The molecule has 1 amide bonds. The predicted octanol–water partition coefficient (Wildman–Crippen LogP) is 2.11. The van der Waals surface area contributed by atoms with Crippen molar-refractivity contribution in [3.05, 3.63) is 42.4 Å². The van der Waals surface area contributed by atoms with Gasteiger partial charge in [-0.25, -0.2) is 4.98 Å². The van der Waals surface area contributed by atoms with Crippen molar-refractivity contribution in [3.8, 4) is 11.3 Å². The first-order valence-corrected chi connectivity index (χ1v) is 7.61. The van der Waals surface area contributed by atoms with Crippen LogP contribution in [0.5, 0.6) is 0 Å². The number of nitrogens with one attached hydrogen (secondary N) is 1. The van der Waals surface area contributed by atoms with E-state index < -0.39 is 0 Å². The lowest BCUT2D eigenvalue weighted by atomic mass is 9.94. The molecule has 1 aliphatic heterocycles. The summed E-state index contributed by atoms with van der Waals surface area (Å²) in [5.74, 6) is 0.606. The number of hydrogen-bond acceptors (Lipinski definition) is 3. The van der Waals surface area contributed by atoms with Crippen molar-refractivity contribution in [1.82, 2.24) is 14.9 Å². The largest absolute Gasteiger partial charge is 0.383 e. The number of aromatic amines is 1. The summed E-state index contributed by atoms with van der Waals surface area (Å²) in [7, 11) is 1.67. The number of H-pyrrole nitrogens is 1. The smallest absolute Gasteiger partial charge is 0.223 e. The maximum absolute atomic E-state index is 12.0. The molecule has 5 heteroatoms. The zero-order valence-electron chi connectivity index (χ0n) is 12.8. The van der Waals surface area contributed by atoms with Gasteiger partial charge in [0, 0.05) is 32.2 Å². The van der Waals surface area contributed by atoms with Crippen LogP contribution >= 0.6 is 0 Å². The third kappa shape index (κ3) is 3.20. The van der Waals surface area contributed by atoms with E-state index in [0.29, 0.717) is 25.5 Å². The zero-order valence-corrected chi connectivity index (χ0v) is 12.8. The van der Waals surface area contributed by atoms with Gasteiger partial charge in [0.2, 0.25) is 5.91 Å². The third-order valence-electron chi connectivity index (χ3n) is 4.17. The summed E-state index contributed by atoms with van der Waals surface area (Å²) in [6.07, 6.45) is 5.06. The summed E-state index contributed by atoms with van der Waals surface area (Å²) in [6.45, 7) is 2.11. The summed E-state index contributed by atoms with van der Waals surface area (Å²) in [5.41, 5.74) is 3.46. The number of benzene rings is 1. The van der Waals surface area contributed by atoms with Gasteiger partial charge < -0.3 is 14.6 Å². The summed E-state index contributed by atoms with van der Waals surface area (Å²) in [6, 6.07) is 8.32. The van der Waals surface area contributed by atoms with Crippen LogP contribution < -0.4 is 0 Å². The lowest BCUT2D eigenvalue weighted by Gasteiger charge is -2.16. The van der Waals surface area contributed by atoms with Gasteiger partial charge in [0.25, 0.3) is 0 Å². The number of carbonyl (C=O) groups excluding carboxylic acids is 1. The summed E-state index contributed by atoms with van der Waals surface area (Å²) in [4.78, 5) is 21.2. The van der Waals surface area contributed by atoms with Crippen LogP contribution in [0.2, 0.25) is 0 Å². The van der Waals surface area contributed by atoms with Crippen LogP contribution in [0, 0.1) is 5.92 Å². The number of ether oxygens (including phenoxy) is 1. The molecule has 116 valence electrons. The highest BCUT2D eigenvalue weighted by Gasteiger charge is 2.29. The first-order chi connectivity index (χ1) is 10.8. The number of hydrogen-bond donors (Lipinski definition) is 1. The Kier molecular flexibility index (Phi) is 4.53. The van der Waals surface area contributed by atoms with Crippen LogP contribution in [0.1, 0.15) is 12.0 Å². The summed E-state index contributed by atoms with van der Waals surface area (Å²) >= 11 is 0. The first-order valence-electron chi connectivity index (χ1n) is 7.61.